The highest BCUT2D eigenvalue weighted by molar-refractivity contribution is 5.37. The molecule has 0 N–H and O–H groups in total. The van der Waals surface area contributed by atoms with E-state index < -0.39 is 5.82 Å². The SMILES string of the molecule is CCCCOc1ncc(F)c(N(C)C)n1. The van der Waals surface area contributed by atoms with Crippen molar-refractivity contribution >= 4 is 5.82 Å². The average molecular weight is 213 g/mol. The van der Waals surface area contributed by atoms with Crippen LogP contribution in [0, 0.1) is 5.82 Å². The second kappa shape index (κ2) is 5.48. The molecule has 0 aliphatic heterocycles. The van der Waals surface area contributed by atoms with Crippen LogP contribution in [-0.2, 0) is 0 Å². The Kier molecular flexibility index (Phi) is 4.27. The Balaban J connectivity index is 2.70. The first-order valence-corrected chi connectivity index (χ1v) is 4.97. The van der Waals surface area contributed by atoms with Crippen molar-refractivity contribution in [1.82, 2.24) is 9.97 Å². The van der Waals surface area contributed by atoms with Gasteiger partial charge in [0.05, 0.1) is 12.8 Å². The van der Waals surface area contributed by atoms with Gasteiger partial charge in [0.2, 0.25) is 0 Å². The van der Waals surface area contributed by atoms with Crippen molar-refractivity contribution in [3.8, 4) is 6.01 Å². The van der Waals surface area contributed by atoms with Crippen molar-refractivity contribution in [1.29, 1.82) is 0 Å². The van der Waals surface area contributed by atoms with Gasteiger partial charge in [-0.05, 0) is 6.42 Å². The van der Waals surface area contributed by atoms with E-state index in [4.69, 9.17) is 4.74 Å². The summed E-state index contributed by atoms with van der Waals surface area (Å²) in [5.74, 6) is -0.195. The van der Waals surface area contributed by atoms with Crippen LogP contribution < -0.4 is 9.64 Å². The third-order valence-corrected chi connectivity index (χ3v) is 1.86. The number of hydrogen-bond donors (Lipinski definition) is 0. The van der Waals surface area contributed by atoms with Crippen LogP contribution in [0.3, 0.4) is 0 Å². The second-order valence-electron chi connectivity index (χ2n) is 3.42. The van der Waals surface area contributed by atoms with Crippen molar-refractivity contribution in [2.45, 2.75) is 19.8 Å². The number of nitrogens with zero attached hydrogens (tertiary/aromatic N) is 3. The highest BCUT2D eigenvalue weighted by Crippen LogP contribution is 2.15. The van der Waals surface area contributed by atoms with Gasteiger partial charge in [-0.3, -0.25) is 0 Å². The molecule has 0 aliphatic rings. The Hall–Kier alpha value is -1.39. The van der Waals surface area contributed by atoms with E-state index in [9.17, 15) is 4.39 Å². The minimum atomic E-state index is -0.442. The van der Waals surface area contributed by atoms with Crippen molar-refractivity contribution in [3.63, 3.8) is 0 Å². The van der Waals surface area contributed by atoms with Gasteiger partial charge in [-0.1, -0.05) is 13.3 Å². The smallest absolute Gasteiger partial charge is 0.318 e. The lowest BCUT2D eigenvalue weighted by Gasteiger charge is -2.12. The highest BCUT2D eigenvalue weighted by Gasteiger charge is 2.08. The standard InChI is InChI=1S/C10H16FN3O/c1-4-5-6-15-10-12-7-8(11)9(13-10)14(2)3/h7H,4-6H2,1-3H3. The van der Waals surface area contributed by atoms with Gasteiger partial charge >= 0.3 is 6.01 Å². The summed E-state index contributed by atoms with van der Waals surface area (Å²) in [6, 6.07) is 0.230. The molecule has 15 heavy (non-hydrogen) atoms. The number of anilines is 1. The molecule has 1 rings (SSSR count). The lowest BCUT2D eigenvalue weighted by Crippen LogP contribution is -2.14. The summed E-state index contributed by atoms with van der Waals surface area (Å²) in [6.45, 7) is 2.63. The van der Waals surface area contributed by atoms with Crippen LogP contribution >= 0.6 is 0 Å². The summed E-state index contributed by atoms with van der Waals surface area (Å²) in [7, 11) is 3.45. The lowest BCUT2D eigenvalue weighted by molar-refractivity contribution is 0.284. The molecule has 0 fully saturated rings. The van der Waals surface area contributed by atoms with Gasteiger partial charge in [0.1, 0.15) is 0 Å². The maximum absolute atomic E-state index is 13.2. The largest absolute Gasteiger partial charge is 0.463 e. The van der Waals surface area contributed by atoms with E-state index in [1.165, 1.54) is 0 Å². The zero-order valence-corrected chi connectivity index (χ0v) is 9.33. The van der Waals surface area contributed by atoms with Crippen LogP contribution in [0.15, 0.2) is 6.20 Å². The van der Waals surface area contributed by atoms with Crippen LogP contribution in [0.5, 0.6) is 6.01 Å². The van der Waals surface area contributed by atoms with E-state index in [0.29, 0.717) is 6.61 Å². The topological polar surface area (TPSA) is 38.2 Å². The van der Waals surface area contributed by atoms with Gasteiger partial charge in [0.25, 0.3) is 0 Å². The lowest BCUT2D eigenvalue weighted by atomic mass is 10.4. The molecule has 0 spiro atoms. The predicted octanol–water partition coefficient (Wildman–Crippen LogP) is 1.86. The number of ether oxygens (including phenoxy) is 1. The third kappa shape index (κ3) is 3.34. The van der Waals surface area contributed by atoms with E-state index in [0.717, 1.165) is 19.0 Å². The van der Waals surface area contributed by atoms with Crippen molar-refractivity contribution in [2.24, 2.45) is 0 Å². The van der Waals surface area contributed by atoms with Crippen molar-refractivity contribution in [2.75, 3.05) is 25.6 Å². The molecule has 0 atom stereocenters. The fraction of sp³-hybridized carbons (Fsp3) is 0.600. The van der Waals surface area contributed by atoms with Crippen LogP contribution in [0.1, 0.15) is 19.8 Å². The summed E-state index contributed by atoms with van der Waals surface area (Å²) >= 11 is 0. The molecule has 0 bridgehead atoms. The van der Waals surface area contributed by atoms with Crippen LogP contribution in [0.4, 0.5) is 10.2 Å². The first kappa shape index (κ1) is 11.7. The Bertz CT molecular complexity index is 318. The molecule has 0 saturated carbocycles. The maximum atomic E-state index is 13.2. The average Bonchev–Trinajstić information content (AvgIpc) is 2.20. The fourth-order valence-electron chi connectivity index (χ4n) is 1.03. The molecule has 84 valence electrons. The monoisotopic (exact) mass is 213 g/mol. The molecule has 1 heterocycles. The normalized spacial score (nSPS) is 10.1. The second-order valence-corrected chi connectivity index (χ2v) is 3.42. The molecule has 5 heteroatoms. The quantitative estimate of drug-likeness (QED) is 0.700. The minimum absolute atomic E-state index is 0.230. The molecule has 0 radical (unpaired) electrons. The van der Waals surface area contributed by atoms with E-state index in [2.05, 4.69) is 16.9 Å². The van der Waals surface area contributed by atoms with Crippen LogP contribution in [0.25, 0.3) is 0 Å². The van der Waals surface area contributed by atoms with Gasteiger partial charge in [-0.15, -0.1) is 0 Å². The first-order valence-electron chi connectivity index (χ1n) is 4.97. The molecule has 0 saturated heterocycles. The number of aromatic nitrogens is 2. The van der Waals surface area contributed by atoms with Crippen molar-refractivity contribution < 1.29 is 9.13 Å². The Labute approximate surface area is 89.1 Å². The zero-order valence-electron chi connectivity index (χ0n) is 9.33. The summed E-state index contributed by atoms with van der Waals surface area (Å²) in [5, 5.41) is 0. The molecule has 0 aromatic carbocycles. The molecule has 4 nitrogen and oxygen atoms in total. The highest BCUT2D eigenvalue weighted by atomic mass is 19.1. The third-order valence-electron chi connectivity index (χ3n) is 1.86. The van der Waals surface area contributed by atoms with Gasteiger partial charge in [-0.2, -0.15) is 4.98 Å². The maximum Gasteiger partial charge on any atom is 0.318 e. The number of hydrogen-bond acceptors (Lipinski definition) is 4. The van der Waals surface area contributed by atoms with Gasteiger partial charge < -0.3 is 9.64 Å². The van der Waals surface area contributed by atoms with Gasteiger partial charge in [0.15, 0.2) is 11.6 Å². The molecule has 1 aromatic heterocycles. The fourth-order valence-corrected chi connectivity index (χ4v) is 1.03. The number of unbranched alkanes of at least 4 members (excludes halogenated alkanes) is 1. The van der Waals surface area contributed by atoms with E-state index >= 15 is 0 Å². The predicted molar refractivity (Wildman–Crippen MR) is 56.7 cm³/mol. The van der Waals surface area contributed by atoms with Gasteiger partial charge in [0, 0.05) is 14.1 Å². The number of rotatable bonds is 5. The number of halogens is 1. The summed E-state index contributed by atoms with van der Waals surface area (Å²) in [5.41, 5.74) is 0. The Morgan fingerprint density at radius 3 is 2.80 bits per heavy atom. The zero-order chi connectivity index (χ0) is 11.3. The Morgan fingerprint density at radius 2 is 2.20 bits per heavy atom. The van der Waals surface area contributed by atoms with E-state index in [1.54, 1.807) is 19.0 Å². The Morgan fingerprint density at radius 1 is 1.47 bits per heavy atom. The summed E-state index contributed by atoms with van der Waals surface area (Å²) < 4.78 is 18.5. The first-order chi connectivity index (χ1) is 7.15. The van der Waals surface area contributed by atoms with Crippen LogP contribution in [-0.4, -0.2) is 30.7 Å². The molecular formula is C10H16FN3O. The molecule has 0 unspecified atom stereocenters. The van der Waals surface area contributed by atoms with Crippen LogP contribution in [0.2, 0.25) is 0 Å². The summed E-state index contributed by atoms with van der Waals surface area (Å²) in [4.78, 5) is 9.31. The molecule has 1 aromatic rings. The van der Waals surface area contributed by atoms with Crippen molar-refractivity contribution in [3.05, 3.63) is 12.0 Å². The molecule has 0 aliphatic carbocycles. The molecule has 0 amide bonds. The molecular weight excluding hydrogens is 197 g/mol. The minimum Gasteiger partial charge on any atom is -0.463 e. The van der Waals surface area contributed by atoms with E-state index in [1.807, 2.05) is 0 Å². The summed E-state index contributed by atoms with van der Waals surface area (Å²) in [6.07, 6.45) is 3.11. The van der Waals surface area contributed by atoms with E-state index in [-0.39, 0.29) is 11.8 Å². The van der Waals surface area contributed by atoms with Gasteiger partial charge in [-0.25, -0.2) is 9.37 Å².